The van der Waals surface area contributed by atoms with E-state index in [9.17, 15) is 0 Å². The minimum absolute atomic E-state index is 0.541. The van der Waals surface area contributed by atoms with Gasteiger partial charge in [0, 0.05) is 40.7 Å². The van der Waals surface area contributed by atoms with Gasteiger partial charge >= 0.3 is 0 Å². The zero-order chi connectivity index (χ0) is 22.7. The molecule has 3 aromatic rings. The molecular formula is C24H27ClN6S. The SMILES string of the molecule is CCc1ncc(CCCN(C)C)cc1Nc1ncc2c(n1)-c1ccc(Cl)cc1NC(=S)C2. The van der Waals surface area contributed by atoms with Gasteiger partial charge in [0.25, 0.3) is 0 Å². The van der Waals surface area contributed by atoms with Gasteiger partial charge in [0.15, 0.2) is 0 Å². The predicted molar refractivity (Wildman–Crippen MR) is 136 cm³/mol. The lowest BCUT2D eigenvalue weighted by molar-refractivity contribution is 0.400. The number of nitrogens with zero attached hydrogens (tertiary/aromatic N) is 4. The number of anilines is 3. The molecular weight excluding hydrogens is 440 g/mol. The Morgan fingerprint density at radius 2 is 2.03 bits per heavy atom. The highest BCUT2D eigenvalue weighted by Gasteiger charge is 2.20. The molecule has 0 atom stereocenters. The minimum atomic E-state index is 0.541. The molecule has 1 aliphatic rings. The summed E-state index contributed by atoms with van der Waals surface area (Å²) in [6.45, 7) is 3.15. The van der Waals surface area contributed by atoms with Gasteiger partial charge in [-0.2, -0.15) is 0 Å². The molecule has 4 rings (SSSR count). The van der Waals surface area contributed by atoms with E-state index in [0.29, 0.717) is 17.4 Å². The Morgan fingerprint density at radius 1 is 1.19 bits per heavy atom. The van der Waals surface area contributed by atoms with Crippen LogP contribution in [0.25, 0.3) is 11.3 Å². The Bertz CT molecular complexity index is 1150. The maximum Gasteiger partial charge on any atom is 0.227 e. The van der Waals surface area contributed by atoms with E-state index in [1.807, 2.05) is 30.6 Å². The van der Waals surface area contributed by atoms with Crippen LogP contribution in [0.5, 0.6) is 0 Å². The van der Waals surface area contributed by atoms with E-state index < -0.39 is 0 Å². The van der Waals surface area contributed by atoms with Crippen LogP contribution in [0, 0.1) is 0 Å². The fourth-order valence-electron chi connectivity index (χ4n) is 3.81. The summed E-state index contributed by atoms with van der Waals surface area (Å²) in [5.74, 6) is 0.541. The number of pyridine rings is 1. The molecule has 8 heteroatoms. The average Bonchev–Trinajstić information content (AvgIpc) is 2.88. The topological polar surface area (TPSA) is 66.0 Å². The Labute approximate surface area is 199 Å². The Kier molecular flexibility index (Phi) is 6.98. The third-order valence-corrected chi connectivity index (χ3v) is 5.89. The van der Waals surface area contributed by atoms with Crippen molar-refractivity contribution in [3.05, 3.63) is 58.5 Å². The zero-order valence-electron chi connectivity index (χ0n) is 18.6. The van der Waals surface area contributed by atoms with E-state index in [1.54, 1.807) is 0 Å². The molecule has 0 spiro atoms. The number of hydrogen-bond donors (Lipinski definition) is 2. The molecule has 0 unspecified atom stereocenters. The first kappa shape index (κ1) is 22.6. The molecule has 166 valence electrons. The fourth-order valence-corrected chi connectivity index (χ4v) is 4.24. The summed E-state index contributed by atoms with van der Waals surface area (Å²) in [7, 11) is 4.19. The second-order valence-corrected chi connectivity index (χ2v) is 9.13. The van der Waals surface area contributed by atoms with Gasteiger partial charge in [0.05, 0.1) is 22.1 Å². The summed E-state index contributed by atoms with van der Waals surface area (Å²) in [5.41, 5.74) is 6.82. The number of rotatable bonds is 7. The smallest absolute Gasteiger partial charge is 0.227 e. The predicted octanol–water partition coefficient (Wildman–Crippen LogP) is 5.29. The Hall–Kier alpha value is -2.61. The Balaban J connectivity index is 1.65. The van der Waals surface area contributed by atoms with Gasteiger partial charge in [-0.25, -0.2) is 9.97 Å². The molecule has 32 heavy (non-hydrogen) atoms. The van der Waals surface area contributed by atoms with Crippen molar-refractivity contribution in [1.82, 2.24) is 19.9 Å². The van der Waals surface area contributed by atoms with Crippen LogP contribution in [0.3, 0.4) is 0 Å². The van der Waals surface area contributed by atoms with Gasteiger partial charge < -0.3 is 15.5 Å². The van der Waals surface area contributed by atoms with Crippen LogP contribution in [0.2, 0.25) is 5.02 Å². The lowest BCUT2D eigenvalue weighted by atomic mass is 10.1. The second kappa shape index (κ2) is 9.90. The van der Waals surface area contributed by atoms with E-state index in [1.165, 1.54) is 5.56 Å². The number of benzene rings is 1. The normalized spacial score (nSPS) is 12.7. The van der Waals surface area contributed by atoms with E-state index in [-0.39, 0.29) is 0 Å². The first-order valence-corrected chi connectivity index (χ1v) is 11.6. The van der Waals surface area contributed by atoms with Crippen molar-refractivity contribution in [1.29, 1.82) is 0 Å². The highest BCUT2D eigenvalue weighted by atomic mass is 35.5. The van der Waals surface area contributed by atoms with Crippen LogP contribution in [0.1, 0.15) is 30.2 Å². The van der Waals surface area contributed by atoms with Crippen molar-refractivity contribution in [3.63, 3.8) is 0 Å². The number of aryl methyl sites for hydroxylation is 2. The summed E-state index contributed by atoms with van der Waals surface area (Å²) < 4.78 is 0. The molecule has 1 aliphatic heterocycles. The van der Waals surface area contributed by atoms with Crippen LogP contribution in [-0.4, -0.2) is 45.5 Å². The van der Waals surface area contributed by atoms with Crippen LogP contribution < -0.4 is 10.6 Å². The molecule has 0 bridgehead atoms. The molecule has 0 aliphatic carbocycles. The lowest BCUT2D eigenvalue weighted by Crippen LogP contribution is -2.13. The third-order valence-electron chi connectivity index (χ3n) is 5.41. The van der Waals surface area contributed by atoms with Crippen molar-refractivity contribution >= 4 is 46.1 Å². The summed E-state index contributed by atoms with van der Waals surface area (Å²) >= 11 is 11.7. The van der Waals surface area contributed by atoms with Crippen LogP contribution >= 0.6 is 23.8 Å². The summed E-state index contributed by atoms with van der Waals surface area (Å²) in [4.78, 5) is 17.0. The van der Waals surface area contributed by atoms with Crippen LogP contribution in [0.4, 0.5) is 17.3 Å². The van der Waals surface area contributed by atoms with Gasteiger partial charge in [-0.3, -0.25) is 4.98 Å². The second-order valence-electron chi connectivity index (χ2n) is 8.21. The number of halogens is 1. The van der Waals surface area contributed by atoms with Gasteiger partial charge in [0.2, 0.25) is 5.95 Å². The van der Waals surface area contributed by atoms with Crippen molar-refractivity contribution in [3.8, 4) is 11.3 Å². The van der Waals surface area contributed by atoms with E-state index >= 15 is 0 Å². The highest BCUT2D eigenvalue weighted by molar-refractivity contribution is 7.80. The molecule has 2 aromatic heterocycles. The number of nitrogens with one attached hydrogen (secondary N) is 2. The monoisotopic (exact) mass is 466 g/mol. The van der Waals surface area contributed by atoms with Crippen LogP contribution in [-0.2, 0) is 19.3 Å². The maximum absolute atomic E-state index is 6.21. The maximum atomic E-state index is 6.21. The van der Waals surface area contributed by atoms with Crippen molar-refractivity contribution in [2.75, 3.05) is 31.3 Å². The molecule has 0 fully saturated rings. The van der Waals surface area contributed by atoms with Crippen molar-refractivity contribution in [2.24, 2.45) is 0 Å². The van der Waals surface area contributed by atoms with E-state index in [4.69, 9.17) is 28.8 Å². The molecule has 0 amide bonds. The van der Waals surface area contributed by atoms with Crippen LogP contribution in [0.15, 0.2) is 36.7 Å². The number of hydrogen-bond acceptors (Lipinski definition) is 6. The molecule has 3 heterocycles. The average molecular weight is 467 g/mol. The number of aromatic nitrogens is 3. The largest absolute Gasteiger partial charge is 0.349 e. The van der Waals surface area contributed by atoms with Gasteiger partial charge in [-0.15, -0.1) is 0 Å². The van der Waals surface area contributed by atoms with Crippen molar-refractivity contribution < 1.29 is 0 Å². The van der Waals surface area contributed by atoms with Crippen molar-refractivity contribution in [2.45, 2.75) is 32.6 Å². The zero-order valence-corrected chi connectivity index (χ0v) is 20.1. The number of fused-ring (bicyclic) bond motifs is 3. The molecule has 1 aromatic carbocycles. The fraction of sp³-hybridized carbons (Fsp3) is 0.333. The number of thiocarbonyl (C=S) groups is 1. The summed E-state index contributed by atoms with van der Waals surface area (Å²) in [6.07, 6.45) is 7.30. The Morgan fingerprint density at radius 3 is 2.81 bits per heavy atom. The third kappa shape index (κ3) is 5.23. The van der Waals surface area contributed by atoms with Gasteiger partial charge in [-0.1, -0.05) is 30.7 Å². The molecule has 0 radical (unpaired) electrons. The molecule has 0 saturated carbocycles. The molecule has 2 N–H and O–H groups in total. The molecule has 6 nitrogen and oxygen atoms in total. The highest BCUT2D eigenvalue weighted by Crippen LogP contribution is 2.35. The lowest BCUT2D eigenvalue weighted by Gasteiger charge is -2.14. The quantitative estimate of drug-likeness (QED) is 0.458. The first-order chi connectivity index (χ1) is 15.4. The van der Waals surface area contributed by atoms with E-state index in [0.717, 1.165) is 64.7 Å². The van der Waals surface area contributed by atoms with E-state index in [2.05, 4.69) is 52.6 Å². The molecule has 0 saturated heterocycles. The van der Waals surface area contributed by atoms with Gasteiger partial charge in [0.1, 0.15) is 0 Å². The van der Waals surface area contributed by atoms with Gasteiger partial charge in [-0.05, 0) is 69.7 Å². The summed E-state index contributed by atoms with van der Waals surface area (Å²) in [5, 5.41) is 7.34. The standard InChI is InChI=1S/C24H27ClN6S/c1-4-19-21(10-15(13-26-19)6-5-9-31(2)3)29-24-27-14-16-11-22(32)28-20-12-17(25)7-8-18(20)23(16)30-24/h7-8,10,12-14H,4-6,9,11H2,1-3H3,(H,28,32)(H,27,29,30). The first-order valence-electron chi connectivity index (χ1n) is 10.8. The minimum Gasteiger partial charge on any atom is -0.349 e. The summed E-state index contributed by atoms with van der Waals surface area (Å²) in [6, 6.07) is 7.88.